The van der Waals surface area contributed by atoms with E-state index in [-0.39, 0.29) is 5.82 Å². The third-order valence-electron chi connectivity index (χ3n) is 2.52. The largest absolute Gasteiger partial charge is 0.330 e. The van der Waals surface area contributed by atoms with Crippen molar-refractivity contribution in [3.05, 3.63) is 35.8 Å². The molecular weight excluding hydrogens is 205 g/mol. The maximum absolute atomic E-state index is 13.1. The van der Waals surface area contributed by atoms with E-state index < -0.39 is 0 Å². The van der Waals surface area contributed by atoms with Gasteiger partial charge in [0, 0.05) is 5.39 Å². The van der Waals surface area contributed by atoms with E-state index in [0.717, 1.165) is 28.6 Å². The quantitative estimate of drug-likeness (QED) is 0.833. The molecule has 84 valence electrons. The summed E-state index contributed by atoms with van der Waals surface area (Å²) in [5.41, 5.74) is 8.09. The molecule has 0 fully saturated rings. The van der Waals surface area contributed by atoms with Crippen LogP contribution in [0.1, 0.15) is 19.0 Å². The Morgan fingerprint density at radius 1 is 1.56 bits per heavy atom. The fourth-order valence-electron chi connectivity index (χ4n) is 1.68. The Morgan fingerprint density at radius 3 is 3.12 bits per heavy atom. The van der Waals surface area contributed by atoms with Gasteiger partial charge in [-0.2, -0.15) is 5.10 Å². The Labute approximate surface area is 93.2 Å². The SMILES string of the molecule is C/C(=C\CCN)c1n[nH]c2ccc(F)cc12. The summed E-state index contributed by atoms with van der Waals surface area (Å²) in [7, 11) is 0. The average molecular weight is 219 g/mol. The summed E-state index contributed by atoms with van der Waals surface area (Å²) in [6, 6.07) is 4.61. The van der Waals surface area contributed by atoms with Crippen molar-refractivity contribution in [3.8, 4) is 0 Å². The van der Waals surface area contributed by atoms with E-state index in [0.29, 0.717) is 6.54 Å². The van der Waals surface area contributed by atoms with Crippen LogP contribution in [0.3, 0.4) is 0 Å². The molecule has 0 amide bonds. The molecule has 2 aromatic rings. The maximum atomic E-state index is 13.1. The summed E-state index contributed by atoms with van der Waals surface area (Å²) in [6.07, 6.45) is 2.82. The molecule has 0 saturated carbocycles. The number of benzene rings is 1. The topological polar surface area (TPSA) is 54.7 Å². The van der Waals surface area contributed by atoms with Crippen molar-refractivity contribution in [2.24, 2.45) is 5.73 Å². The minimum Gasteiger partial charge on any atom is -0.330 e. The molecule has 2 rings (SSSR count). The zero-order valence-electron chi connectivity index (χ0n) is 9.13. The second kappa shape index (κ2) is 4.45. The third-order valence-corrected chi connectivity index (χ3v) is 2.52. The van der Waals surface area contributed by atoms with Crippen LogP contribution in [-0.4, -0.2) is 16.7 Å². The number of hydrogen-bond acceptors (Lipinski definition) is 2. The van der Waals surface area contributed by atoms with Crippen LogP contribution in [0.5, 0.6) is 0 Å². The molecule has 0 aliphatic heterocycles. The van der Waals surface area contributed by atoms with Gasteiger partial charge in [0.05, 0.1) is 11.2 Å². The van der Waals surface area contributed by atoms with Gasteiger partial charge in [0.2, 0.25) is 0 Å². The minimum atomic E-state index is -0.248. The zero-order chi connectivity index (χ0) is 11.5. The fourth-order valence-corrected chi connectivity index (χ4v) is 1.68. The zero-order valence-corrected chi connectivity index (χ0v) is 9.13. The highest BCUT2D eigenvalue weighted by atomic mass is 19.1. The summed E-state index contributed by atoms with van der Waals surface area (Å²) in [6.45, 7) is 2.56. The van der Waals surface area contributed by atoms with Gasteiger partial charge in [-0.1, -0.05) is 6.08 Å². The number of nitrogens with two attached hydrogens (primary N) is 1. The lowest BCUT2D eigenvalue weighted by Crippen LogP contribution is -1.96. The van der Waals surface area contributed by atoms with Gasteiger partial charge in [-0.3, -0.25) is 5.10 Å². The van der Waals surface area contributed by atoms with Crippen molar-refractivity contribution in [1.82, 2.24) is 10.2 Å². The number of fused-ring (bicyclic) bond motifs is 1. The van der Waals surface area contributed by atoms with E-state index >= 15 is 0 Å². The predicted octanol–water partition coefficient (Wildman–Crippen LogP) is 2.45. The third kappa shape index (κ3) is 1.97. The van der Waals surface area contributed by atoms with E-state index in [1.165, 1.54) is 12.1 Å². The van der Waals surface area contributed by atoms with E-state index in [4.69, 9.17) is 5.73 Å². The van der Waals surface area contributed by atoms with Gasteiger partial charge < -0.3 is 5.73 Å². The first-order valence-electron chi connectivity index (χ1n) is 5.23. The standard InChI is InChI=1S/C12H14FN3/c1-8(3-2-6-14)12-10-7-9(13)4-5-11(10)15-16-12/h3-5,7H,2,6,14H2,1H3,(H,15,16)/b8-3+. The molecule has 3 N–H and O–H groups in total. The van der Waals surface area contributed by atoms with Crippen LogP contribution < -0.4 is 5.73 Å². The van der Waals surface area contributed by atoms with Gasteiger partial charge in [0.15, 0.2) is 0 Å². The number of hydrogen-bond donors (Lipinski definition) is 2. The van der Waals surface area contributed by atoms with Crippen molar-refractivity contribution < 1.29 is 4.39 Å². The lowest BCUT2D eigenvalue weighted by atomic mass is 10.1. The summed E-state index contributed by atoms with van der Waals surface area (Å²) >= 11 is 0. The molecule has 0 radical (unpaired) electrons. The van der Waals surface area contributed by atoms with Crippen molar-refractivity contribution in [3.63, 3.8) is 0 Å². The van der Waals surface area contributed by atoms with Crippen LogP contribution in [0.25, 0.3) is 16.5 Å². The van der Waals surface area contributed by atoms with Gasteiger partial charge in [-0.25, -0.2) is 4.39 Å². The molecule has 0 saturated heterocycles. The molecule has 0 aliphatic carbocycles. The molecule has 1 aromatic heterocycles. The smallest absolute Gasteiger partial charge is 0.124 e. The molecule has 0 bridgehead atoms. The highest BCUT2D eigenvalue weighted by molar-refractivity contribution is 5.89. The number of aromatic amines is 1. The second-order valence-corrected chi connectivity index (χ2v) is 3.73. The summed E-state index contributed by atoms with van der Waals surface area (Å²) in [5.74, 6) is -0.248. The van der Waals surface area contributed by atoms with Crippen LogP contribution >= 0.6 is 0 Å². The van der Waals surface area contributed by atoms with E-state index in [1.807, 2.05) is 13.0 Å². The molecule has 4 heteroatoms. The van der Waals surface area contributed by atoms with E-state index in [2.05, 4.69) is 10.2 Å². The molecular formula is C12H14FN3. The van der Waals surface area contributed by atoms with Gasteiger partial charge in [0.25, 0.3) is 0 Å². The normalized spacial score (nSPS) is 12.3. The first-order valence-corrected chi connectivity index (χ1v) is 5.23. The summed E-state index contributed by atoms with van der Waals surface area (Å²) in [5, 5.41) is 7.88. The van der Waals surface area contributed by atoms with Crippen molar-refractivity contribution >= 4 is 16.5 Å². The Balaban J connectivity index is 2.48. The summed E-state index contributed by atoms with van der Waals surface area (Å²) < 4.78 is 13.1. The molecule has 3 nitrogen and oxygen atoms in total. The average Bonchev–Trinajstić information content (AvgIpc) is 2.68. The molecule has 0 spiro atoms. The van der Waals surface area contributed by atoms with Crippen LogP contribution in [0.2, 0.25) is 0 Å². The van der Waals surface area contributed by atoms with Crippen LogP contribution in [-0.2, 0) is 0 Å². The molecule has 1 aromatic carbocycles. The predicted molar refractivity (Wildman–Crippen MR) is 63.4 cm³/mol. The number of aromatic nitrogens is 2. The molecule has 1 heterocycles. The molecule has 0 unspecified atom stereocenters. The number of nitrogens with zero attached hydrogens (tertiary/aromatic N) is 1. The number of H-pyrrole nitrogens is 1. The van der Waals surface area contributed by atoms with E-state index in [9.17, 15) is 4.39 Å². The van der Waals surface area contributed by atoms with Crippen molar-refractivity contribution in [2.75, 3.05) is 6.54 Å². The fraction of sp³-hybridized carbons (Fsp3) is 0.250. The Hall–Kier alpha value is -1.68. The number of halogens is 1. The van der Waals surface area contributed by atoms with Crippen molar-refractivity contribution in [2.45, 2.75) is 13.3 Å². The summed E-state index contributed by atoms with van der Waals surface area (Å²) in [4.78, 5) is 0. The van der Waals surface area contributed by atoms with Gasteiger partial charge in [0.1, 0.15) is 5.82 Å². The van der Waals surface area contributed by atoms with E-state index in [1.54, 1.807) is 6.07 Å². The van der Waals surface area contributed by atoms with Crippen LogP contribution in [0, 0.1) is 5.82 Å². The molecule has 0 aliphatic rings. The number of nitrogens with one attached hydrogen (secondary N) is 1. The molecule has 16 heavy (non-hydrogen) atoms. The van der Waals surface area contributed by atoms with Gasteiger partial charge in [-0.05, 0) is 43.7 Å². The highest BCUT2D eigenvalue weighted by Crippen LogP contribution is 2.23. The van der Waals surface area contributed by atoms with Crippen LogP contribution in [0.4, 0.5) is 4.39 Å². The first-order chi connectivity index (χ1) is 7.72. The Kier molecular flexibility index (Phi) is 3.01. The number of allylic oxidation sites excluding steroid dienone is 1. The van der Waals surface area contributed by atoms with Gasteiger partial charge >= 0.3 is 0 Å². The monoisotopic (exact) mass is 219 g/mol. The van der Waals surface area contributed by atoms with Gasteiger partial charge in [-0.15, -0.1) is 0 Å². The maximum Gasteiger partial charge on any atom is 0.124 e. The Morgan fingerprint density at radius 2 is 2.38 bits per heavy atom. The highest BCUT2D eigenvalue weighted by Gasteiger charge is 2.07. The van der Waals surface area contributed by atoms with Crippen LogP contribution in [0.15, 0.2) is 24.3 Å². The molecule has 0 atom stereocenters. The minimum absolute atomic E-state index is 0.248. The lowest BCUT2D eigenvalue weighted by molar-refractivity contribution is 0.629. The Bertz CT molecular complexity index is 528. The first kappa shape index (κ1) is 10.8. The second-order valence-electron chi connectivity index (χ2n) is 3.73. The lowest BCUT2D eigenvalue weighted by Gasteiger charge is -1.97. The van der Waals surface area contributed by atoms with Crippen molar-refractivity contribution in [1.29, 1.82) is 0 Å². The number of rotatable bonds is 3.